The Morgan fingerprint density at radius 3 is 2.68 bits per heavy atom. The zero-order valence-corrected chi connectivity index (χ0v) is 21.9. The van der Waals surface area contributed by atoms with E-state index in [-0.39, 0.29) is 42.7 Å². The first-order chi connectivity index (χ1) is 18.2. The monoisotopic (exact) mass is 540 g/mol. The van der Waals surface area contributed by atoms with Gasteiger partial charge in [-0.15, -0.1) is 0 Å². The Morgan fingerprint density at radius 1 is 1.18 bits per heavy atom. The van der Waals surface area contributed by atoms with Crippen LogP contribution in [-0.4, -0.2) is 74.3 Å². The van der Waals surface area contributed by atoms with Gasteiger partial charge in [-0.25, -0.2) is 9.97 Å². The number of nitrogens with zero attached hydrogens (tertiary/aromatic N) is 4. The van der Waals surface area contributed by atoms with Crippen molar-refractivity contribution in [1.29, 1.82) is 0 Å². The molecule has 0 aliphatic carbocycles. The summed E-state index contributed by atoms with van der Waals surface area (Å²) in [6.45, 7) is 3.14. The number of nitrogens with one attached hydrogen (secondary N) is 2. The van der Waals surface area contributed by atoms with Gasteiger partial charge in [0.1, 0.15) is 11.8 Å². The Bertz CT molecular complexity index is 1340. The van der Waals surface area contributed by atoms with Gasteiger partial charge < -0.3 is 30.5 Å². The molecule has 12 heteroatoms. The quantitative estimate of drug-likeness (QED) is 0.303. The molecule has 4 rings (SSSR count). The molecule has 0 unspecified atom stereocenters. The van der Waals surface area contributed by atoms with E-state index in [0.29, 0.717) is 33.8 Å². The number of halogens is 1. The SMILES string of the molecule is COc1cccc([C@@H](CO)NC(=O)[C@@H](C)N2Cc3ncc(-c4nc(N[C@@H](C)CO)ncc4Cl)cc3C2=O)c1. The molecule has 1 aromatic carbocycles. The molecule has 3 aromatic rings. The van der Waals surface area contributed by atoms with E-state index in [1.165, 1.54) is 18.2 Å². The van der Waals surface area contributed by atoms with Crippen molar-refractivity contribution >= 4 is 29.4 Å². The largest absolute Gasteiger partial charge is 0.497 e. The lowest BCUT2D eigenvalue weighted by molar-refractivity contribution is -0.126. The highest BCUT2D eigenvalue weighted by Gasteiger charge is 2.36. The molecule has 4 N–H and O–H groups in total. The van der Waals surface area contributed by atoms with Crippen LogP contribution in [0.15, 0.2) is 42.7 Å². The first-order valence-corrected chi connectivity index (χ1v) is 12.4. The number of aromatic nitrogens is 3. The molecule has 3 heterocycles. The molecule has 11 nitrogen and oxygen atoms in total. The van der Waals surface area contributed by atoms with Crippen molar-refractivity contribution in [2.45, 2.75) is 38.5 Å². The molecule has 0 spiro atoms. The van der Waals surface area contributed by atoms with E-state index in [1.807, 2.05) is 0 Å². The summed E-state index contributed by atoms with van der Waals surface area (Å²) < 4.78 is 5.23. The third kappa shape index (κ3) is 5.69. The van der Waals surface area contributed by atoms with Gasteiger partial charge in [0.2, 0.25) is 11.9 Å². The minimum atomic E-state index is -0.821. The van der Waals surface area contributed by atoms with Gasteiger partial charge in [-0.3, -0.25) is 14.6 Å². The number of carbonyl (C=O) groups excluding carboxylic acids is 2. The van der Waals surface area contributed by atoms with E-state index < -0.39 is 18.0 Å². The maximum Gasteiger partial charge on any atom is 0.256 e. The van der Waals surface area contributed by atoms with E-state index in [4.69, 9.17) is 16.3 Å². The van der Waals surface area contributed by atoms with Crippen LogP contribution in [0.2, 0.25) is 5.02 Å². The molecule has 0 saturated carbocycles. The van der Waals surface area contributed by atoms with Gasteiger partial charge in [0.05, 0.1) is 61.1 Å². The maximum atomic E-state index is 13.3. The Labute approximate surface area is 224 Å². The summed E-state index contributed by atoms with van der Waals surface area (Å²) in [5.74, 6) is 0.112. The van der Waals surface area contributed by atoms with Crippen molar-refractivity contribution in [3.63, 3.8) is 0 Å². The van der Waals surface area contributed by atoms with Crippen LogP contribution in [0, 0.1) is 0 Å². The van der Waals surface area contributed by atoms with E-state index in [9.17, 15) is 19.8 Å². The molecule has 0 fully saturated rings. The molecule has 0 radical (unpaired) electrons. The van der Waals surface area contributed by atoms with Crippen molar-refractivity contribution in [3.8, 4) is 17.0 Å². The van der Waals surface area contributed by atoms with Crippen LogP contribution in [0.3, 0.4) is 0 Å². The standard InChI is InChI=1S/C26H29ClN6O5/c1-14(12-34)30-26-29-10-20(27)23(32-26)17-8-19-21(28-9-17)11-33(25(19)37)15(2)24(36)31-22(13-35)16-5-4-6-18(7-16)38-3/h4-10,14-15,22,34-35H,11-13H2,1-3H3,(H,31,36)(H,29,30,32)/t14-,15+,22+/m0/s1. The molecule has 38 heavy (non-hydrogen) atoms. The average molecular weight is 541 g/mol. The van der Waals surface area contributed by atoms with Crippen molar-refractivity contribution < 1.29 is 24.5 Å². The molecule has 0 saturated heterocycles. The van der Waals surface area contributed by atoms with Gasteiger partial charge in [0.15, 0.2) is 0 Å². The van der Waals surface area contributed by atoms with Gasteiger partial charge in [0.25, 0.3) is 5.91 Å². The van der Waals surface area contributed by atoms with Crippen LogP contribution >= 0.6 is 11.6 Å². The molecule has 1 aliphatic heterocycles. The first kappa shape index (κ1) is 27.2. The lowest BCUT2D eigenvalue weighted by Gasteiger charge is -2.26. The second-order valence-corrected chi connectivity index (χ2v) is 9.37. The minimum Gasteiger partial charge on any atom is -0.497 e. The Morgan fingerprint density at radius 2 is 1.97 bits per heavy atom. The van der Waals surface area contributed by atoms with Crippen LogP contribution in [0.5, 0.6) is 5.75 Å². The summed E-state index contributed by atoms with van der Waals surface area (Å²) in [5, 5.41) is 25.2. The third-order valence-electron chi connectivity index (χ3n) is 6.29. The van der Waals surface area contributed by atoms with Gasteiger partial charge in [-0.2, -0.15) is 0 Å². The lowest BCUT2D eigenvalue weighted by Crippen LogP contribution is -2.46. The van der Waals surface area contributed by atoms with E-state index in [0.717, 1.165) is 0 Å². The molecule has 1 aliphatic rings. The number of pyridine rings is 1. The highest BCUT2D eigenvalue weighted by Crippen LogP contribution is 2.31. The average Bonchev–Trinajstić information content (AvgIpc) is 3.27. The molecular weight excluding hydrogens is 512 g/mol. The smallest absolute Gasteiger partial charge is 0.256 e. The predicted octanol–water partition coefficient (Wildman–Crippen LogP) is 2.19. The predicted molar refractivity (Wildman–Crippen MR) is 141 cm³/mol. The molecular formula is C26H29ClN6O5. The Hall–Kier alpha value is -3.80. The van der Waals surface area contributed by atoms with E-state index >= 15 is 0 Å². The normalized spacial score (nSPS) is 15.0. The van der Waals surface area contributed by atoms with Crippen molar-refractivity contribution in [1.82, 2.24) is 25.2 Å². The fourth-order valence-electron chi connectivity index (χ4n) is 4.07. The number of carbonyl (C=O) groups is 2. The summed E-state index contributed by atoms with van der Waals surface area (Å²) >= 11 is 6.33. The Kier molecular flexibility index (Phi) is 8.40. The number of anilines is 1. The number of fused-ring (bicyclic) bond motifs is 1. The van der Waals surface area contributed by atoms with Crippen LogP contribution < -0.4 is 15.4 Å². The van der Waals surface area contributed by atoms with Crippen molar-refractivity contribution in [3.05, 3.63) is 64.6 Å². The topological polar surface area (TPSA) is 150 Å². The van der Waals surface area contributed by atoms with E-state index in [2.05, 4.69) is 25.6 Å². The fraction of sp³-hybridized carbons (Fsp3) is 0.346. The third-order valence-corrected chi connectivity index (χ3v) is 6.57. The number of hydrogen-bond acceptors (Lipinski definition) is 9. The van der Waals surface area contributed by atoms with Gasteiger partial charge in [-0.1, -0.05) is 23.7 Å². The minimum absolute atomic E-state index is 0.101. The van der Waals surface area contributed by atoms with Crippen molar-refractivity contribution in [2.24, 2.45) is 0 Å². The first-order valence-electron chi connectivity index (χ1n) is 12.0. The second-order valence-electron chi connectivity index (χ2n) is 8.97. The number of aliphatic hydroxyl groups excluding tert-OH is 2. The van der Waals surface area contributed by atoms with Crippen LogP contribution in [0.4, 0.5) is 5.95 Å². The highest BCUT2D eigenvalue weighted by molar-refractivity contribution is 6.33. The summed E-state index contributed by atoms with van der Waals surface area (Å²) in [4.78, 5) is 40.8. The Balaban J connectivity index is 1.51. The highest BCUT2D eigenvalue weighted by atomic mass is 35.5. The van der Waals surface area contributed by atoms with Crippen molar-refractivity contribution in [2.75, 3.05) is 25.6 Å². The van der Waals surface area contributed by atoms with Gasteiger partial charge in [0, 0.05) is 17.8 Å². The number of rotatable bonds is 10. The van der Waals surface area contributed by atoms with Gasteiger partial charge in [-0.05, 0) is 37.6 Å². The number of benzene rings is 1. The number of aliphatic hydroxyl groups is 2. The van der Waals surface area contributed by atoms with Crippen LogP contribution in [0.1, 0.15) is 41.5 Å². The summed E-state index contributed by atoms with van der Waals surface area (Å²) in [6, 6.07) is 6.95. The summed E-state index contributed by atoms with van der Waals surface area (Å²) in [6.07, 6.45) is 3.00. The lowest BCUT2D eigenvalue weighted by atomic mass is 10.1. The molecule has 3 atom stereocenters. The van der Waals surface area contributed by atoms with E-state index in [1.54, 1.807) is 50.4 Å². The van der Waals surface area contributed by atoms with Crippen LogP contribution in [0.25, 0.3) is 11.3 Å². The number of hydrogen-bond donors (Lipinski definition) is 4. The fourth-order valence-corrected chi connectivity index (χ4v) is 4.27. The van der Waals surface area contributed by atoms with Gasteiger partial charge >= 0.3 is 0 Å². The summed E-state index contributed by atoms with van der Waals surface area (Å²) in [7, 11) is 1.54. The maximum absolute atomic E-state index is 13.3. The molecule has 0 bridgehead atoms. The number of ether oxygens (including phenoxy) is 1. The van der Waals surface area contributed by atoms with Crippen LogP contribution in [-0.2, 0) is 11.3 Å². The number of methoxy groups -OCH3 is 1. The molecule has 2 aromatic heterocycles. The molecule has 2 amide bonds. The zero-order valence-electron chi connectivity index (χ0n) is 21.2. The number of amides is 2. The summed E-state index contributed by atoms with van der Waals surface area (Å²) in [5.41, 5.74) is 2.45. The second kappa shape index (κ2) is 11.7. The molecule has 200 valence electrons. The zero-order chi connectivity index (χ0) is 27.4.